The number of ether oxygens (including phenoxy) is 1. The maximum absolute atomic E-state index is 11.9. The van der Waals surface area contributed by atoms with Gasteiger partial charge in [0.05, 0.1) is 18.6 Å². The van der Waals surface area contributed by atoms with Crippen LogP contribution in [0.1, 0.15) is 32.1 Å². The highest BCUT2D eigenvalue weighted by Crippen LogP contribution is 2.35. The van der Waals surface area contributed by atoms with Gasteiger partial charge in [0, 0.05) is 6.61 Å². The fourth-order valence-electron chi connectivity index (χ4n) is 2.34. The normalized spacial score (nSPS) is 28.6. The molecule has 4 N–H and O–H groups in total. The second kappa shape index (κ2) is 5.88. The van der Waals surface area contributed by atoms with Crippen molar-refractivity contribution in [3.05, 3.63) is 0 Å². The molecule has 18 heavy (non-hydrogen) atoms. The summed E-state index contributed by atoms with van der Waals surface area (Å²) < 4.78 is 40.5. The van der Waals surface area contributed by atoms with Crippen LogP contribution in [0.4, 0.5) is 13.2 Å². The molecule has 0 spiro atoms. The molecule has 1 fully saturated rings. The van der Waals surface area contributed by atoms with Gasteiger partial charge in [0.15, 0.2) is 0 Å². The van der Waals surface area contributed by atoms with Crippen molar-refractivity contribution in [2.75, 3.05) is 13.2 Å². The smallest absolute Gasteiger partial charge is 0.381 e. The van der Waals surface area contributed by atoms with E-state index in [0.29, 0.717) is 12.8 Å². The SMILES string of the molecule is NC(=O)C1(N)CCCC1CCOCCC(F)(F)F. The van der Waals surface area contributed by atoms with Crippen LogP contribution in [0, 0.1) is 5.92 Å². The van der Waals surface area contributed by atoms with Crippen molar-refractivity contribution in [1.29, 1.82) is 0 Å². The van der Waals surface area contributed by atoms with Gasteiger partial charge in [-0.1, -0.05) is 6.42 Å². The van der Waals surface area contributed by atoms with E-state index in [1.165, 1.54) is 0 Å². The zero-order chi connectivity index (χ0) is 13.8. The summed E-state index contributed by atoms with van der Waals surface area (Å²) in [4.78, 5) is 11.3. The van der Waals surface area contributed by atoms with Gasteiger partial charge < -0.3 is 16.2 Å². The van der Waals surface area contributed by atoms with Gasteiger partial charge in [0.1, 0.15) is 0 Å². The summed E-state index contributed by atoms with van der Waals surface area (Å²) in [5.74, 6) is -0.638. The molecule has 0 saturated heterocycles. The number of halogens is 3. The topological polar surface area (TPSA) is 78.3 Å². The number of amides is 1. The standard InChI is InChI=1S/C11H19F3N2O2/c12-11(13,14)5-7-18-6-3-8-2-1-4-10(8,16)9(15)17/h8H,1-7,16H2,(H2,15,17). The van der Waals surface area contributed by atoms with Gasteiger partial charge in [-0.2, -0.15) is 13.2 Å². The predicted molar refractivity (Wildman–Crippen MR) is 59.6 cm³/mol. The first kappa shape index (κ1) is 15.2. The summed E-state index contributed by atoms with van der Waals surface area (Å²) in [5.41, 5.74) is 10.2. The van der Waals surface area contributed by atoms with Gasteiger partial charge in [0.25, 0.3) is 0 Å². The largest absolute Gasteiger partial charge is 0.391 e. The molecule has 106 valence electrons. The zero-order valence-electron chi connectivity index (χ0n) is 10.1. The third kappa shape index (κ3) is 4.13. The van der Waals surface area contributed by atoms with Crippen LogP contribution in [0.5, 0.6) is 0 Å². The van der Waals surface area contributed by atoms with Crippen molar-refractivity contribution < 1.29 is 22.7 Å². The molecule has 0 aliphatic heterocycles. The Hall–Kier alpha value is -0.820. The minimum Gasteiger partial charge on any atom is -0.381 e. The van der Waals surface area contributed by atoms with E-state index in [0.717, 1.165) is 12.8 Å². The van der Waals surface area contributed by atoms with E-state index < -0.39 is 24.0 Å². The summed E-state index contributed by atoms with van der Waals surface area (Å²) in [6.07, 6.45) is -2.57. The lowest BCUT2D eigenvalue weighted by Crippen LogP contribution is -2.54. The van der Waals surface area contributed by atoms with Crippen LogP contribution in [0.15, 0.2) is 0 Å². The van der Waals surface area contributed by atoms with Crippen molar-refractivity contribution >= 4 is 5.91 Å². The van der Waals surface area contributed by atoms with Crippen LogP contribution >= 0.6 is 0 Å². The Morgan fingerprint density at radius 2 is 2.06 bits per heavy atom. The number of nitrogens with two attached hydrogens (primary N) is 2. The van der Waals surface area contributed by atoms with Crippen molar-refractivity contribution in [3.8, 4) is 0 Å². The maximum atomic E-state index is 11.9. The number of carbonyl (C=O) groups excluding carboxylic acids is 1. The molecule has 2 unspecified atom stereocenters. The summed E-state index contributed by atoms with van der Waals surface area (Å²) in [5, 5.41) is 0. The molecule has 1 rings (SSSR count). The lowest BCUT2D eigenvalue weighted by Gasteiger charge is -2.27. The molecular formula is C11H19F3N2O2. The van der Waals surface area contributed by atoms with Gasteiger partial charge in [-0.3, -0.25) is 4.79 Å². The number of hydrogen-bond donors (Lipinski definition) is 2. The monoisotopic (exact) mass is 268 g/mol. The summed E-state index contributed by atoms with van der Waals surface area (Å²) in [6.45, 7) is -0.183. The van der Waals surface area contributed by atoms with E-state index in [2.05, 4.69) is 0 Å². The Kier molecular flexibility index (Phi) is 4.98. The van der Waals surface area contributed by atoms with E-state index in [1.54, 1.807) is 0 Å². The van der Waals surface area contributed by atoms with Crippen LogP contribution in [0.3, 0.4) is 0 Å². The van der Waals surface area contributed by atoms with Crippen molar-refractivity contribution in [2.45, 2.75) is 43.8 Å². The Labute approximate surface area is 104 Å². The molecule has 4 nitrogen and oxygen atoms in total. The first-order chi connectivity index (χ1) is 8.26. The minimum atomic E-state index is -4.20. The molecule has 1 saturated carbocycles. The van der Waals surface area contributed by atoms with Crippen molar-refractivity contribution in [3.63, 3.8) is 0 Å². The molecule has 0 aromatic carbocycles. The first-order valence-electron chi connectivity index (χ1n) is 5.99. The van der Waals surface area contributed by atoms with E-state index in [9.17, 15) is 18.0 Å². The van der Waals surface area contributed by atoms with Crippen LogP contribution in [0.25, 0.3) is 0 Å². The molecule has 0 radical (unpaired) electrons. The molecular weight excluding hydrogens is 249 g/mol. The van der Waals surface area contributed by atoms with Crippen molar-refractivity contribution in [2.24, 2.45) is 17.4 Å². The Morgan fingerprint density at radius 1 is 1.39 bits per heavy atom. The minimum absolute atomic E-state index is 0.0964. The Balaban J connectivity index is 2.25. The average molecular weight is 268 g/mol. The van der Waals surface area contributed by atoms with Gasteiger partial charge in [-0.05, 0) is 25.2 Å². The summed E-state index contributed by atoms with van der Waals surface area (Å²) in [7, 11) is 0. The highest BCUT2D eigenvalue weighted by Gasteiger charge is 2.43. The summed E-state index contributed by atoms with van der Waals surface area (Å²) in [6, 6.07) is 0. The first-order valence-corrected chi connectivity index (χ1v) is 5.99. The van der Waals surface area contributed by atoms with Gasteiger partial charge in [-0.15, -0.1) is 0 Å². The number of rotatable bonds is 6. The zero-order valence-corrected chi connectivity index (χ0v) is 10.1. The highest BCUT2D eigenvalue weighted by atomic mass is 19.4. The van der Waals surface area contributed by atoms with E-state index in [1.807, 2.05) is 0 Å². The van der Waals surface area contributed by atoms with Crippen LogP contribution in [-0.2, 0) is 9.53 Å². The van der Waals surface area contributed by atoms with E-state index in [4.69, 9.17) is 16.2 Å². The maximum Gasteiger partial charge on any atom is 0.391 e. The number of carbonyl (C=O) groups is 1. The molecule has 0 aromatic rings. The molecule has 1 aliphatic carbocycles. The van der Waals surface area contributed by atoms with Crippen LogP contribution < -0.4 is 11.5 Å². The Bertz CT molecular complexity index is 297. The van der Waals surface area contributed by atoms with Gasteiger partial charge >= 0.3 is 6.18 Å². The molecule has 0 aromatic heterocycles. The lowest BCUT2D eigenvalue weighted by molar-refractivity contribution is -0.145. The number of hydrogen-bond acceptors (Lipinski definition) is 3. The number of alkyl halides is 3. The molecule has 2 atom stereocenters. The fraction of sp³-hybridized carbons (Fsp3) is 0.909. The molecule has 1 aliphatic rings. The quantitative estimate of drug-likeness (QED) is 0.713. The second-order valence-corrected chi connectivity index (χ2v) is 4.76. The average Bonchev–Trinajstić information content (AvgIpc) is 2.59. The van der Waals surface area contributed by atoms with Crippen LogP contribution in [0.2, 0.25) is 0 Å². The molecule has 0 bridgehead atoms. The number of primary amides is 1. The van der Waals surface area contributed by atoms with E-state index in [-0.39, 0.29) is 19.1 Å². The molecule has 7 heteroatoms. The summed E-state index contributed by atoms with van der Waals surface area (Å²) >= 11 is 0. The Morgan fingerprint density at radius 3 is 2.61 bits per heavy atom. The lowest BCUT2D eigenvalue weighted by atomic mass is 9.85. The van der Waals surface area contributed by atoms with E-state index >= 15 is 0 Å². The van der Waals surface area contributed by atoms with Crippen LogP contribution in [-0.4, -0.2) is 30.8 Å². The van der Waals surface area contributed by atoms with Gasteiger partial charge in [0.2, 0.25) is 5.91 Å². The second-order valence-electron chi connectivity index (χ2n) is 4.76. The van der Waals surface area contributed by atoms with Gasteiger partial charge in [-0.25, -0.2) is 0 Å². The molecule has 1 amide bonds. The predicted octanol–water partition coefficient (Wildman–Crippen LogP) is 1.33. The highest BCUT2D eigenvalue weighted by molar-refractivity contribution is 5.85. The fourth-order valence-corrected chi connectivity index (χ4v) is 2.34. The van der Waals surface area contributed by atoms with Crippen molar-refractivity contribution in [1.82, 2.24) is 0 Å². The third-order valence-corrected chi connectivity index (χ3v) is 3.47. The molecule has 0 heterocycles. The third-order valence-electron chi connectivity index (χ3n) is 3.47.